The Kier molecular flexibility index (Phi) is 4.65. The second kappa shape index (κ2) is 6.95. The van der Waals surface area contributed by atoms with Crippen molar-refractivity contribution in [2.45, 2.75) is 58.0 Å². The summed E-state index contributed by atoms with van der Waals surface area (Å²) in [5.74, 6) is 0.663. The fraction of sp³-hybridized carbons (Fsp3) is 0.571. The average molecular weight is 355 g/mol. The van der Waals surface area contributed by atoms with Gasteiger partial charge < -0.3 is 20.1 Å². The van der Waals surface area contributed by atoms with E-state index >= 15 is 0 Å². The van der Waals surface area contributed by atoms with Gasteiger partial charge in [0.15, 0.2) is 11.5 Å². The van der Waals surface area contributed by atoms with Crippen molar-refractivity contribution in [3.8, 4) is 11.5 Å². The number of piperidine rings is 1. The molecule has 0 atom stereocenters. The number of nitrogens with one attached hydrogen (secondary N) is 1. The van der Waals surface area contributed by atoms with Gasteiger partial charge in [-0.25, -0.2) is 0 Å². The first kappa shape index (κ1) is 17.4. The van der Waals surface area contributed by atoms with Crippen LogP contribution in [0.1, 0.15) is 44.4 Å². The van der Waals surface area contributed by atoms with E-state index in [2.05, 4.69) is 24.1 Å². The van der Waals surface area contributed by atoms with Crippen molar-refractivity contribution >= 4 is 16.6 Å². The Morgan fingerprint density at radius 3 is 2.69 bits per heavy atom. The highest BCUT2D eigenvalue weighted by Crippen LogP contribution is 2.39. The predicted octanol–water partition coefficient (Wildman–Crippen LogP) is 3.72. The largest absolute Gasteiger partial charge is 0.504 e. The zero-order chi connectivity index (χ0) is 18.3. The Morgan fingerprint density at radius 2 is 2.00 bits per heavy atom. The number of anilines is 1. The molecule has 5 nitrogen and oxygen atoms in total. The number of methoxy groups -OCH3 is 1. The van der Waals surface area contributed by atoms with Gasteiger partial charge in [-0.1, -0.05) is 0 Å². The van der Waals surface area contributed by atoms with E-state index in [1.54, 1.807) is 13.2 Å². The summed E-state index contributed by atoms with van der Waals surface area (Å²) in [6, 6.07) is 4.77. The molecule has 1 aliphatic heterocycles. The molecule has 1 aliphatic carbocycles. The molecule has 2 aromatic rings. The van der Waals surface area contributed by atoms with Crippen molar-refractivity contribution < 1.29 is 9.84 Å². The standard InChI is InChI=1S/C21H29N3O2/c1-13(2)24-9-7-14(8-10-24)22-21-15-5-4-6-17(15)23-18-12-19(25)20(26-3)11-16(18)21/h11-14,25H,4-10H2,1-3H3,(H,22,23). The summed E-state index contributed by atoms with van der Waals surface area (Å²) in [5, 5.41) is 15.1. The summed E-state index contributed by atoms with van der Waals surface area (Å²) in [7, 11) is 1.59. The van der Waals surface area contributed by atoms with Crippen LogP contribution in [0.4, 0.5) is 5.69 Å². The predicted molar refractivity (Wildman–Crippen MR) is 105 cm³/mol. The van der Waals surface area contributed by atoms with Crippen LogP contribution in [0.25, 0.3) is 10.9 Å². The van der Waals surface area contributed by atoms with Gasteiger partial charge in [-0.2, -0.15) is 0 Å². The monoisotopic (exact) mass is 355 g/mol. The second-order valence-electron chi connectivity index (χ2n) is 7.86. The van der Waals surface area contributed by atoms with Crippen molar-refractivity contribution in [3.05, 3.63) is 23.4 Å². The van der Waals surface area contributed by atoms with Gasteiger partial charge in [0.2, 0.25) is 0 Å². The van der Waals surface area contributed by atoms with Crippen LogP contribution in [-0.2, 0) is 12.8 Å². The van der Waals surface area contributed by atoms with Gasteiger partial charge in [0.1, 0.15) is 0 Å². The van der Waals surface area contributed by atoms with Crippen LogP contribution in [0.3, 0.4) is 0 Å². The van der Waals surface area contributed by atoms with E-state index in [0.717, 1.165) is 56.1 Å². The molecule has 0 radical (unpaired) electrons. The number of phenolic OH excluding ortho intramolecular Hbond substituents is 1. The van der Waals surface area contributed by atoms with E-state index in [0.29, 0.717) is 17.8 Å². The molecular weight excluding hydrogens is 326 g/mol. The first-order chi connectivity index (χ1) is 12.6. The third-order valence-electron chi connectivity index (χ3n) is 5.92. The lowest BCUT2D eigenvalue weighted by atomic mass is 10.0. The third-order valence-corrected chi connectivity index (χ3v) is 5.92. The number of nitrogens with zero attached hydrogens (tertiary/aromatic N) is 2. The van der Waals surface area contributed by atoms with E-state index in [-0.39, 0.29) is 5.75 Å². The molecule has 0 saturated carbocycles. The zero-order valence-corrected chi connectivity index (χ0v) is 16.0. The number of hydrogen-bond donors (Lipinski definition) is 2. The maximum Gasteiger partial charge on any atom is 0.161 e. The molecule has 1 saturated heterocycles. The molecule has 2 heterocycles. The molecule has 2 aliphatic rings. The van der Waals surface area contributed by atoms with Gasteiger partial charge >= 0.3 is 0 Å². The van der Waals surface area contributed by atoms with Crippen molar-refractivity contribution in [2.24, 2.45) is 0 Å². The Labute approximate surface area is 155 Å². The summed E-state index contributed by atoms with van der Waals surface area (Å²) >= 11 is 0. The Morgan fingerprint density at radius 1 is 1.23 bits per heavy atom. The number of pyridine rings is 1. The number of aromatic nitrogens is 1. The fourth-order valence-electron chi connectivity index (χ4n) is 4.37. The summed E-state index contributed by atoms with van der Waals surface area (Å²) in [4.78, 5) is 7.37. The summed E-state index contributed by atoms with van der Waals surface area (Å²) in [5.41, 5.74) is 4.61. The van der Waals surface area contributed by atoms with Crippen molar-refractivity contribution in [3.63, 3.8) is 0 Å². The quantitative estimate of drug-likeness (QED) is 0.875. The van der Waals surface area contributed by atoms with Crippen LogP contribution in [0, 0.1) is 0 Å². The molecule has 0 amide bonds. The lowest BCUT2D eigenvalue weighted by molar-refractivity contribution is 0.177. The number of aryl methyl sites for hydroxylation is 1. The number of rotatable bonds is 4. The van der Waals surface area contributed by atoms with Gasteiger partial charge in [-0.05, 0) is 57.6 Å². The van der Waals surface area contributed by atoms with Crippen LogP contribution in [0.2, 0.25) is 0 Å². The molecule has 1 fully saturated rings. The van der Waals surface area contributed by atoms with E-state index in [1.165, 1.54) is 16.9 Å². The molecule has 5 heteroatoms. The molecule has 1 aromatic carbocycles. The van der Waals surface area contributed by atoms with Crippen LogP contribution in [0.15, 0.2) is 12.1 Å². The van der Waals surface area contributed by atoms with Crippen LogP contribution in [0.5, 0.6) is 11.5 Å². The Bertz CT molecular complexity index is 811. The smallest absolute Gasteiger partial charge is 0.161 e. The highest BCUT2D eigenvalue weighted by atomic mass is 16.5. The minimum Gasteiger partial charge on any atom is -0.504 e. The first-order valence-corrected chi connectivity index (χ1v) is 9.80. The average Bonchev–Trinajstić information content (AvgIpc) is 3.09. The molecule has 4 rings (SSSR count). The van der Waals surface area contributed by atoms with Gasteiger partial charge in [0.25, 0.3) is 0 Å². The lowest BCUT2D eigenvalue weighted by Gasteiger charge is -2.35. The van der Waals surface area contributed by atoms with E-state index in [4.69, 9.17) is 9.72 Å². The SMILES string of the molecule is COc1cc2c(NC3CCN(C(C)C)CC3)c3c(nc2cc1O)CCC3. The molecule has 2 N–H and O–H groups in total. The van der Waals surface area contributed by atoms with Gasteiger partial charge in [0.05, 0.1) is 12.6 Å². The molecule has 0 unspecified atom stereocenters. The number of ether oxygens (including phenoxy) is 1. The molecule has 26 heavy (non-hydrogen) atoms. The maximum absolute atomic E-state index is 10.2. The van der Waals surface area contributed by atoms with Crippen LogP contribution in [-0.4, -0.2) is 47.3 Å². The topological polar surface area (TPSA) is 57.6 Å². The number of likely N-dealkylation sites (tertiary alicyclic amines) is 1. The fourth-order valence-corrected chi connectivity index (χ4v) is 4.37. The minimum absolute atomic E-state index is 0.154. The number of hydrogen-bond acceptors (Lipinski definition) is 5. The van der Waals surface area contributed by atoms with E-state index < -0.39 is 0 Å². The number of aromatic hydroxyl groups is 1. The molecule has 140 valence electrons. The molecular formula is C21H29N3O2. The van der Waals surface area contributed by atoms with Gasteiger partial charge in [0, 0.05) is 48.0 Å². The summed E-state index contributed by atoms with van der Waals surface area (Å²) in [6.07, 6.45) is 5.58. The van der Waals surface area contributed by atoms with E-state index in [1.807, 2.05) is 6.07 Å². The molecule has 0 bridgehead atoms. The zero-order valence-electron chi connectivity index (χ0n) is 16.0. The van der Waals surface area contributed by atoms with Crippen LogP contribution < -0.4 is 10.1 Å². The van der Waals surface area contributed by atoms with Crippen molar-refractivity contribution in [1.29, 1.82) is 0 Å². The normalized spacial score (nSPS) is 18.5. The first-order valence-electron chi connectivity index (χ1n) is 9.80. The third kappa shape index (κ3) is 3.09. The summed E-state index contributed by atoms with van der Waals surface area (Å²) < 4.78 is 5.35. The highest BCUT2D eigenvalue weighted by Gasteiger charge is 2.25. The number of fused-ring (bicyclic) bond motifs is 2. The minimum atomic E-state index is 0.154. The number of phenols is 1. The molecule has 0 spiro atoms. The second-order valence-corrected chi connectivity index (χ2v) is 7.86. The Hall–Kier alpha value is -2.01. The van der Waals surface area contributed by atoms with E-state index in [9.17, 15) is 5.11 Å². The molecule has 1 aromatic heterocycles. The lowest BCUT2D eigenvalue weighted by Crippen LogP contribution is -2.42. The van der Waals surface area contributed by atoms with Gasteiger partial charge in [-0.3, -0.25) is 4.98 Å². The van der Waals surface area contributed by atoms with Gasteiger partial charge in [-0.15, -0.1) is 0 Å². The number of benzene rings is 1. The maximum atomic E-state index is 10.2. The van der Waals surface area contributed by atoms with Crippen molar-refractivity contribution in [1.82, 2.24) is 9.88 Å². The summed E-state index contributed by atoms with van der Waals surface area (Å²) in [6.45, 7) is 6.83. The Balaban J connectivity index is 1.69. The van der Waals surface area contributed by atoms with Crippen molar-refractivity contribution in [2.75, 3.05) is 25.5 Å². The van der Waals surface area contributed by atoms with Crippen LogP contribution >= 0.6 is 0 Å². The highest BCUT2D eigenvalue weighted by molar-refractivity contribution is 5.96.